The molecule has 0 heterocycles. The molecule has 2 rings (SSSR count). The quantitative estimate of drug-likeness (QED) is 0.876. The van der Waals surface area contributed by atoms with Gasteiger partial charge in [-0.15, -0.1) is 0 Å². The Hall–Kier alpha value is -1.75. The first-order valence-corrected chi connectivity index (χ1v) is 6.29. The van der Waals surface area contributed by atoms with Crippen molar-refractivity contribution in [2.75, 3.05) is 5.32 Å². The zero-order valence-corrected chi connectivity index (χ0v) is 11.6. The lowest BCUT2D eigenvalue weighted by Gasteiger charge is -2.08. The molecule has 0 aliphatic rings. The standard InChI is InChI=1S/C14H10BrF2NO/c1-8-5-9(7-10(15)6-8)14(19)18-13-11(16)3-2-4-12(13)17/h2-7H,1H3,(H,18,19). The Kier molecular flexibility index (Phi) is 3.95. The summed E-state index contributed by atoms with van der Waals surface area (Å²) in [5.41, 5.74) is 0.758. The molecule has 2 aromatic rings. The smallest absolute Gasteiger partial charge is 0.255 e. The van der Waals surface area contributed by atoms with Crippen LogP contribution in [0.2, 0.25) is 0 Å². The van der Waals surface area contributed by atoms with Gasteiger partial charge >= 0.3 is 0 Å². The molecule has 0 radical (unpaired) electrons. The Bertz CT molecular complexity index is 603. The van der Waals surface area contributed by atoms with Crippen molar-refractivity contribution < 1.29 is 13.6 Å². The van der Waals surface area contributed by atoms with Crippen molar-refractivity contribution in [1.29, 1.82) is 0 Å². The predicted octanol–water partition coefficient (Wildman–Crippen LogP) is 4.29. The van der Waals surface area contributed by atoms with Crippen LogP contribution >= 0.6 is 15.9 Å². The highest BCUT2D eigenvalue weighted by Gasteiger charge is 2.13. The van der Waals surface area contributed by atoms with Gasteiger partial charge in [-0.25, -0.2) is 8.78 Å². The minimum Gasteiger partial charge on any atom is -0.317 e. The van der Waals surface area contributed by atoms with Crippen LogP contribution in [-0.4, -0.2) is 5.91 Å². The second-order valence-corrected chi connectivity index (χ2v) is 4.98. The third-order valence-corrected chi connectivity index (χ3v) is 2.96. The van der Waals surface area contributed by atoms with Crippen LogP contribution in [0.5, 0.6) is 0 Å². The van der Waals surface area contributed by atoms with Crippen molar-refractivity contribution in [3.05, 3.63) is 63.6 Å². The lowest BCUT2D eigenvalue weighted by Crippen LogP contribution is -2.14. The molecular weight excluding hydrogens is 316 g/mol. The first-order chi connectivity index (χ1) is 8.97. The summed E-state index contributed by atoms with van der Waals surface area (Å²) in [4.78, 5) is 12.0. The normalized spacial score (nSPS) is 10.3. The topological polar surface area (TPSA) is 29.1 Å². The van der Waals surface area contributed by atoms with E-state index in [0.29, 0.717) is 5.56 Å². The fraction of sp³-hybridized carbons (Fsp3) is 0.0714. The molecule has 2 aromatic carbocycles. The van der Waals surface area contributed by atoms with Crippen LogP contribution < -0.4 is 5.32 Å². The molecule has 0 aromatic heterocycles. The van der Waals surface area contributed by atoms with E-state index in [0.717, 1.165) is 22.2 Å². The molecule has 0 spiro atoms. The van der Waals surface area contributed by atoms with Crippen molar-refractivity contribution in [3.63, 3.8) is 0 Å². The lowest BCUT2D eigenvalue weighted by molar-refractivity contribution is 0.102. The fourth-order valence-corrected chi connectivity index (χ4v) is 2.28. The molecule has 98 valence electrons. The van der Waals surface area contributed by atoms with E-state index in [4.69, 9.17) is 0 Å². The van der Waals surface area contributed by atoms with Crippen LogP contribution in [0.15, 0.2) is 40.9 Å². The van der Waals surface area contributed by atoms with E-state index in [1.807, 2.05) is 13.0 Å². The zero-order chi connectivity index (χ0) is 14.0. The Morgan fingerprint density at radius 3 is 2.37 bits per heavy atom. The minimum absolute atomic E-state index is 0.328. The number of hydrogen-bond acceptors (Lipinski definition) is 1. The average Bonchev–Trinajstić information content (AvgIpc) is 2.32. The summed E-state index contributed by atoms with van der Waals surface area (Å²) in [6.07, 6.45) is 0. The van der Waals surface area contributed by atoms with E-state index in [1.54, 1.807) is 12.1 Å². The predicted molar refractivity (Wildman–Crippen MR) is 73.2 cm³/mol. The van der Waals surface area contributed by atoms with Gasteiger partial charge in [-0.05, 0) is 42.8 Å². The van der Waals surface area contributed by atoms with Crippen molar-refractivity contribution >= 4 is 27.5 Å². The highest BCUT2D eigenvalue weighted by atomic mass is 79.9. The molecule has 0 bridgehead atoms. The summed E-state index contributed by atoms with van der Waals surface area (Å²) >= 11 is 3.27. The summed E-state index contributed by atoms with van der Waals surface area (Å²) < 4.78 is 27.6. The van der Waals surface area contributed by atoms with Crippen LogP contribution in [0, 0.1) is 18.6 Å². The monoisotopic (exact) mass is 325 g/mol. The molecule has 5 heteroatoms. The largest absolute Gasteiger partial charge is 0.317 e. The van der Waals surface area contributed by atoms with Crippen molar-refractivity contribution in [1.82, 2.24) is 0 Å². The Labute approximate surface area is 117 Å². The van der Waals surface area contributed by atoms with Crippen molar-refractivity contribution in [3.8, 4) is 0 Å². The van der Waals surface area contributed by atoms with Crippen LogP contribution in [0.4, 0.5) is 14.5 Å². The minimum atomic E-state index is -0.805. The summed E-state index contributed by atoms with van der Waals surface area (Å²) in [6, 6.07) is 8.47. The number of carbonyl (C=O) groups excluding carboxylic acids is 1. The van der Waals surface area contributed by atoms with Gasteiger partial charge in [0.15, 0.2) is 0 Å². The van der Waals surface area contributed by atoms with E-state index >= 15 is 0 Å². The van der Waals surface area contributed by atoms with Crippen LogP contribution in [0.1, 0.15) is 15.9 Å². The molecule has 2 nitrogen and oxygen atoms in total. The highest BCUT2D eigenvalue weighted by Crippen LogP contribution is 2.20. The molecule has 1 N–H and O–H groups in total. The number of amides is 1. The van der Waals surface area contributed by atoms with Crippen LogP contribution in [0.3, 0.4) is 0 Å². The highest BCUT2D eigenvalue weighted by molar-refractivity contribution is 9.10. The number of carbonyl (C=O) groups is 1. The number of aryl methyl sites for hydroxylation is 1. The third kappa shape index (κ3) is 3.17. The molecule has 0 aliphatic heterocycles. The maximum Gasteiger partial charge on any atom is 0.255 e. The molecule has 0 atom stereocenters. The summed E-state index contributed by atoms with van der Waals surface area (Å²) in [5.74, 6) is -2.17. The van der Waals surface area contributed by atoms with Crippen molar-refractivity contribution in [2.45, 2.75) is 6.92 Å². The van der Waals surface area contributed by atoms with E-state index in [9.17, 15) is 13.6 Å². The number of benzene rings is 2. The van der Waals surface area contributed by atoms with Crippen LogP contribution in [0.25, 0.3) is 0 Å². The number of nitrogens with one attached hydrogen (secondary N) is 1. The number of para-hydroxylation sites is 1. The summed E-state index contributed by atoms with van der Waals surface area (Å²) in [6.45, 7) is 1.82. The Morgan fingerprint density at radius 1 is 1.16 bits per heavy atom. The second kappa shape index (κ2) is 5.48. The number of halogens is 3. The lowest BCUT2D eigenvalue weighted by atomic mass is 10.1. The summed E-state index contributed by atoms with van der Waals surface area (Å²) in [7, 11) is 0. The zero-order valence-electron chi connectivity index (χ0n) is 10.0. The maximum absolute atomic E-state index is 13.4. The van der Waals surface area contributed by atoms with Gasteiger partial charge in [0.25, 0.3) is 5.91 Å². The van der Waals surface area contributed by atoms with E-state index in [-0.39, 0.29) is 0 Å². The number of hydrogen-bond donors (Lipinski definition) is 1. The first kappa shape index (κ1) is 13.7. The molecule has 1 amide bonds. The maximum atomic E-state index is 13.4. The molecule has 0 unspecified atom stereocenters. The molecule has 0 saturated carbocycles. The molecule has 19 heavy (non-hydrogen) atoms. The van der Waals surface area contributed by atoms with Gasteiger partial charge < -0.3 is 5.32 Å². The van der Waals surface area contributed by atoms with Crippen LogP contribution in [-0.2, 0) is 0 Å². The van der Waals surface area contributed by atoms with Gasteiger partial charge in [0, 0.05) is 10.0 Å². The van der Waals surface area contributed by atoms with Crippen molar-refractivity contribution in [2.24, 2.45) is 0 Å². The molecule has 0 fully saturated rings. The first-order valence-electron chi connectivity index (χ1n) is 5.50. The Balaban J connectivity index is 2.31. The van der Waals surface area contributed by atoms with E-state index in [1.165, 1.54) is 6.07 Å². The van der Waals surface area contributed by atoms with Gasteiger partial charge in [-0.3, -0.25) is 4.79 Å². The van der Waals surface area contributed by atoms with Gasteiger partial charge in [-0.2, -0.15) is 0 Å². The van der Waals surface area contributed by atoms with Gasteiger partial charge in [0.05, 0.1) is 0 Å². The number of rotatable bonds is 2. The third-order valence-electron chi connectivity index (χ3n) is 2.51. The SMILES string of the molecule is Cc1cc(Br)cc(C(=O)Nc2c(F)cccc2F)c1. The average molecular weight is 326 g/mol. The molecular formula is C14H10BrF2NO. The van der Waals surface area contributed by atoms with Gasteiger partial charge in [0.1, 0.15) is 17.3 Å². The van der Waals surface area contributed by atoms with Gasteiger partial charge in [-0.1, -0.05) is 22.0 Å². The van der Waals surface area contributed by atoms with E-state index in [2.05, 4.69) is 21.2 Å². The van der Waals surface area contributed by atoms with E-state index < -0.39 is 23.2 Å². The van der Waals surface area contributed by atoms with Gasteiger partial charge in [0.2, 0.25) is 0 Å². The number of anilines is 1. The molecule has 0 aliphatic carbocycles. The summed E-state index contributed by atoms with van der Waals surface area (Å²) in [5, 5.41) is 2.24. The second-order valence-electron chi connectivity index (χ2n) is 4.07. The Morgan fingerprint density at radius 2 is 1.79 bits per heavy atom. The fourth-order valence-electron chi connectivity index (χ4n) is 1.67. The molecule has 0 saturated heterocycles.